The highest BCUT2D eigenvalue weighted by molar-refractivity contribution is 5.89. The van der Waals surface area contributed by atoms with Gasteiger partial charge in [0.1, 0.15) is 17.7 Å². The molecule has 2 aliphatic heterocycles. The lowest BCUT2D eigenvalue weighted by molar-refractivity contribution is -0.134. The lowest BCUT2D eigenvalue weighted by atomic mass is 9.84. The fourth-order valence-electron chi connectivity index (χ4n) is 4.93. The number of carbonyl (C=O) groups is 1. The van der Waals surface area contributed by atoms with E-state index in [0.717, 1.165) is 61.2 Å². The molecule has 5 rings (SSSR count). The number of hydrogen-bond donors (Lipinski definition) is 2. The van der Waals surface area contributed by atoms with Crippen LogP contribution in [0.5, 0.6) is 0 Å². The molecule has 2 saturated heterocycles. The number of fused-ring (bicyclic) bond motifs is 2. The molecule has 0 aliphatic carbocycles. The first-order valence-electron chi connectivity index (χ1n) is 10.6. The maximum atomic E-state index is 13.4. The van der Waals surface area contributed by atoms with Gasteiger partial charge in [-0.15, -0.1) is 0 Å². The molecule has 3 aromatic rings. The van der Waals surface area contributed by atoms with E-state index in [9.17, 15) is 4.79 Å². The average Bonchev–Trinajstić information content (AvgIpc) is 3.18. The second kappa shape index (κ2) is 7.99. The Morgan fingerprint density at radius 2 is 2.00 bits per heavy atom. The van der Waals surface area contributed by atoms with Crippen molar-refractivity contribution in [1.29, 1.82) is 0 Å². The zero-order chi connectivity index (χ0) is 20.4. The molecule has 1 amide bonds. The lowest BCUT2D eigenvalue weighted by Gasteiger charge is -2.40. The number of nitrogens with zero attached hydrogens (tertiary/aromatic N) is 4. The van der Waals surface area contributed by atoms with Gasteiger partial charge in [0.05, 0.1) is 17.8 Å². The zero-order valence-corrected chi connectivity index (χ0v) is 16.9. The number of anilines is 1. The molecule has 154 valence electrons. The van der Waals surface area contributed by atoms with Crippen LogP contribution >= 0.6 is 0 Å². The number of para-hydroxylation sites is 1. The summed E-state index contributed by atoms with van der Waals surface area (Å²) in [6.45, 7) is 2.26. The summed E-state index contributed by atoms with van der Waals surface area (Å²) in [4.78, 5) is 28.9. The normalized spacial score (nSPS) is 23.8. The molecule has 2 aromatic heterocycles. The van der Waals surface area contributed by atoms with Gasteiger partial charge in [0.2, 0.25) is 5.91 Å². The van der Waals surface area contributed by atoms with Crippen LogP contribution in [0.15, 0.2) is 55.0 Å². The van der Waals surface area contributed by atoms with Crippen molar-refractivity contribution in [2.45, 2.75) is 43.8 Å². The number of benzene rings is 1. The highest BCUT2D eigenvalue weighted by Gasteiger charge is 2.51. The topological polar surface area (TPSA) is 83.0 Å². The van der Waals surface area contributed by atoms with Crippen LogP contribution in [-0.2, 0) is 11.3 Å². The van der Waals surface area contributed by atoms with Gasteiger partial charge in [-0.05, 0) is 56.5 Å². The van der Waals surface area contributed by atoms with Crippen LogP contribution in [0.3, 0.4) is 0 Å². The van der Waals surface area contributed by atoms with Crippen LogP contribution in [0.2, 0.25) is 0 Å². The third kappa shape index (κ3) is 3.50. The predicted molar refractivity (Wildman–Crippen MR) is 116 cm³/mol. The minimum atomic E-state index is -0.451. The number of pyridine rings is 1. The molecular formula is C23H26N6O. The Morgan fingerprint density at radius 3 is 2.90 bits per heavy atom. The van der Waals surface area contributed by atoms with Gasteiger partial charge in [-0.3, -0.25) is 14.7 Å². The zero-order valence-electron chi connectivity index (χ0n) is 16.9. The van der Waals surface area contributed by atoms with Crippen molar-refractivity contribution in [3.8, 4) is 0 Å². The van der Waals surface area contributed by atoms with Crippen LogP contribution < -0.4 is 10.6 Å². The highest BCUT2D eigenvalue weighted by atomic mass is 16.2. The van der Waals surface area contributed by atoms with E-state index in [2.05, 4.69) is 30.5 Å². The Labute approximate surface area is 175 Å². The van der Waals surface area contributed by atoms with E-state index in [1.165, 1.54) is 0 Å². The highest BCUT2D eigenvalue weighted by Crippen LogP contribution is 2.39. The molecule has 2 N–H and O–H groups in total. The quantitative estimate of drug-likeness (QED) is 0.683. The Balaban J connectivity index is 1.34. The van der Waals surface area contributed by atoms with Gasteiger partial charge in [-0.25, -0.2) is 9.97 Å². The van der Waals surface area contributed by atoms with Crippen molar-refractivity contribution in [2.24, 2.45) is 0 Å². The monoisotopic (exact) mass is 402 g/mol. The van der Waals surface area contributed by atoms with Crippen LogP contribution in [0.4, 0.5) is 5.82 Å². The fraction of sp³-hybridized carbons (Fsp3) is 0.391. The van der Waals surface area contributed by atoms with Crippen LogP contribution in [0.25, 0.3) is 10.9 Å². The predicted octanol–water partition coefficient (Wildman–Crippen LogP) is 2.75. The van der Waals surface area contributed by atoms with Crippen molar-refractivity contribution >= 4 is 22.6 Å². The first-order valence-corrected chi connectivity index (χ1v) is 10.6. The summed E-state index contributed by atoms with van der Waals surface area (Å²) in [5, 5.41) is 7.77. The Morgan fingerprint density at radius 1 is 1.10 bits per heavy atom. The fourth-order valence-corrected chi connectivity index (χ4v) is 4.93. The molecule has 0 spiro atoms. The first kappa shape index (κ1) is 18.9. The van der Waals surface area contributed by atoms with Crippen molar-refractivity contribution in [3.63, 3.8) is 0 Å². The maximum absolute atomic E-state index is 13.4. The van der Waals surface area contributed by atoms with Gasteiger partial charge in [-0.1, -0.05) is 18.2 Å². The molecule has 0 unspecified atom stereocenters. The number of nitrogens with one attached hydrogen (secondary N) is 2. The number of aromatic nitrogens is 3. The second-order valence-corrected chi connectivity index (χ2v) is 8.22. The molecule has 2 atom stereocenters. The van der Waals surface area contributed by atoms with Crippen molar-refractivity contribution in [1.82, 2.24) is 25.2 Å². The first-order chi connectivity index (χ1) is 14.7. The largest absolute Gasteiger partial charge is 0.365 e. The van der Waals surface area contributed by atoms with Crippen LogP contribution in [0, 0.1) is 0 Å². The molecule has 0 saturated carbocycles. The Bertz CT molecular complexity index is 1040. The van der Waals surface area contributed by atoms with Gasteiger partial charge < -0.3 is 10.6 Å². The third-order valence-electron chi connectivity index (χ3n) is 6.36. The van der Waals surface area contributed by atoms with E-state index in [-0.39, 0.29) is 11.9 Å². The molecular weight excluding hydrogens is 376 g/mol. The van der Waals surface area contributed by atoms with Crippen LogP contribution in [0.1, 0.15) is 31.4 Å². The smallest absolute Gasteiger partial charge is 0.240 e. The molecule has 0 radical (unpaired) electrons. The molecule has 7 heteroatoms. The summed E-state index contributed by atoms with van der Waals surface area (Å²) >= 11 is 0. The SMILES string of the molecule is O=C(NCc1ccccn1)[C@@]12CCCCN1C[C@@H](Nc1ncnc3ccccc13)C2. The van der Waals surface area contributed by atoms with Gasteiger partial charge in [0, 0.05) is 24.2 Å². The summed E-state index contributed by atoms with van der Waals surface area (Å²) in [6.07, 6.45) is 7.24. The van der Waals surface area contributed by atoms with Gasteiger partial charge in [0.25, 0.3) is 0 Å². The molecule has 2 fully saturated rings. The van der Waals surface area contributed by atoms with Crippen molar-refractivity contribution in [3.05, 3.63) is 60.7 Å². The average molecular weight is 403 g/mol. The summed E-state index contributed by atoms with van der Waals surface area (Å²) < 4.78 is 0. The Hall–Kier alpha value is -3.06. The summed E-state index contributed by atoms with van der Waals surface area (Å²) in [7, 11) is 0. The molecule has 7 nitrogen and oxygen atoms in total. The molecule has 4 heterocycles. The van der Waals surface area contributed by atoms with E-state index in [0.29, 0.717) is 6.54 Å². The number of amides is 1. The molecule has 1 aromatic carbocycles. The minimum absolute atomic E-state index is 0.115. The molecule has 0 bridgehead atoms. The van der Waals surface area contributed by atoms with Crippen molar-refractivity contribution < 1.29 is 4.79 Å². The van der Waals surface area contributed by atoms with E-state index in [1.54, 1.807) is 12.5 Å². The van der Waals surface area contributed by atoms with Gasteiger partial charge in [0.15, 0.2) is 0 Å². The van der Waals surface area contributed by atoms with E-state index >= 15 is 0 Å². The standard InChI is InChI=1S/C23H26N6O/c30-22(25-14-17-7-3-5-11-24-17)23-10-4-6-12-29(23)15-18(13-23)28-21-19-8-1-2-9-20(19)26-16-27-21/h1-3,5,7-9,11,16,18H,4,6,10,12-15H2,(H,25,30)(H,26,27,28)/t18-,23-/m0/s1. The van der Waals surface area contributed by atoms with E-state index in [4.69, 9.17) is 0 Å². The summed E-state index contributed by atoms with van der Waals surface area (Å²) in [5.41, 5.74) is 1.35. The minimum Gasteiger partial charge on any atom is -0.365 e. The van der Waals surface area contributed by atoms with Crippen LogP contribution in [-0.4, -0.2) is 50.4 Å². The third-order valence-corrected chi connectivity index (χ3v) is 6.36. The number of piperidine rings is 1. The number of hydrogen-bond acceptors (Lipinski definition) is 6. The second-order valence-electron chi connectivity index (χ2n) is 8.22. The maximum Gasteiger partial charge on any atom is 0.240 e. The van der Waals surface area contributed by atoms with E-state index < -0.39 is 5.54 Å². The Kier molecular flexibility index (Phi) is 5.04. The molecule has 2 aliphatic rings. The van der Waals surface area contributed by atoms with Gasteiger partial charge in [-0.2, -0.15) is 0 Å². The van der Waals surface area contributed by atoms with Gasteiger partial charge >= 0.3 is 0 Å². The van der Waals surface area contributed by atoms with E-state index in [1.807, 2.05) is 42.5 Å². The number of rotatable bonds is 5. The lowest BCUT2D eigenvalue weighted by Crippen LogP contribution is -2.57. The summed E-state index contributed by atoms with van der Waals surface area (Å²) in [6, 6.07) is 14.0. The van der Waals surface area contributed by atoms with Crippen molar-refractivity contribution in [2.75, 3.05) is 18.4 Å². The molecule has 30 heavy (non-hydrogen) atoms. The summed E-state index contributed by atoms with van der Waals surface area (Å²) in [5.74, 6) is 0.958. The number of carbonyl (C=O) groups excluding carboxylic acids is 1.